The first-order valence-electron chi connectivity index (χ1n) is 3.43. The van der Waals surface area contributed by atoms with Crippen LogP contribution >= 0.6 is 27.7 Å². The minimum absolute atomic E-state index is 0.294. The number of aliphatic hydroxyl groups excluding tert-OH is 1. The van der Waals surface area contributed by atoms with E-state index in [9.17, 15) is 0 Å². The fourth-order valence-corrected chi connectivity index (χ4v) is 2.06. The van der Waals surface area contributed by atoms with Crippen LogP contribution in [0.25, 0.3) is 0 Å². The van der Waals surface area contributed by atoms with Crippen LogP contribution in [0, 0.1) is 0 Å². The minimum atomic E-state index is -1.25. The van der Waals surface area contributed by atoms with E-state index in [2.05, 4.69) is 15.9 Å². The maximum absolute atomic E-state index is 8.62. The van der Waals surface area contributed by atoms with Crippen molar-refractivity contribution >= 4 is 27.7 Å². The van der Waals surface area contributed by atoms with Crippen LogP contribution in [-0.4, -0.2) is 22.3 Å². The zero-order valence-electron chi connectivity index (χ0n) is 6.27. The van der Waals surface area contributed by atoms with Gasteiger partial charge in [-0.15, -0.1) is 11.8 Å². The number of hydrogen-bond donors (Lipinski definition) is 2. The van der Waals surface area contributed by atoms with E-state index in [0.717, 1.165) is 9.37 Å². The van der Waals surface area contributed by atoms with Crippen LogP contribution in [0.1, 0.15) is 0 Å². The third-order valence-electron chi connectivity index (χ3n) is 1.22. The van der Waals surface area contributed by atoms with Gasteiger partial charge in [-0.1, -0.05) is 12.1 Å². The minimum Gasteiger partial charge on any atom is -0.367 e. The number of halogens is 1. The van der Waals surface area contributed by atoms with Gasteiger partial charge in [0.25, 0.3) is 0 Å². The van der Waals surface area contributed by atoms with Gasteiger partial charge in [0, 0.05) is 15.1 Å². The van der Waals surface area contributed by atoms with E-state index < -0.39 is 6.29 Å². The highest BCUT2D eigenvalue weighted by Gasteiger charge is 2.01. The molecule has 0 saturated carbocycles. The molecule has 0 unspecified atom stereocenters. The fraction of sp³-hybridized carbons (Fsp3) is 0.250. The highest BCUT2D eigenvalue weighted by atomic mass is 79.9. The average Bonchev–Trinajstić information content (AvgIpc) is 2.03. The molecule has 0 aliphatic rings. The van der Waals surface area contributed by atoms with E-state index in [-0.39, 0.29) is 0 Å². The van der Waals surface area contributed by atoms with Gasteiger partial charge >= 0.3 is 0 Å². The Balaban J connectivity index is 2.57. The summed E-state index contributed by atoms with van der Waals surface area (Å²) in [5, 5.41) is 17.2. The van der Waals surface area contributed by atoms with Crippen LogP contribution in [0.15, 0.2) is 33.6 Å². The van der Waals surface area contributed by atoms with Crippen molar-refractivity contribution < 1.29 is 10.2 Å². The molecule has 1 rings (SSSR count). The maximum atomic E-state index is 8.62. The molecule has 2 nitrogen and oxygen atoms in total. The highest BCUT2D eigenvalue weighted by molar-refractivity contribution is 9.10. The molecule has 1 aromatic carbocycles. The normalized spacial score (nSPS) is 10.7. The Morgan fingerprint density at radius 2 is 2.00 bits per heavy atom. The number of rotatable bonds is 3. The number of thioether (sulfide) groups is 1. The summed E-state index contributed by atoms with van der Waals surface area (Å²) in [6.45, 7) is 0. The van der Waals surface area contributed by atoms with Gasteiger partial charge in [-0.3, -0.25) is 0 Å². The molecule has 0 aromatic heterocycles. The third-order valence-corrected chi connectivity index (χ3v) is 3.31. The third kappa shape index (κ3) is 3.15. The van der Waals surface area contributed by atoms with Crippen molar-refractivity contribution in [3.63, 3.8) is 0 Å². The van der Waals surface area contributed by atoms with Gasteiger partial charge in [0.1, 0.15) is 0 Å². The Bertz CT molecular complexity index is 253. The molecule has 0 atom stereocenters. The molecule has 0 aliphatic carbocycles. The molecule has 12 heavy (non-hydrogen) atoms. The first-order chi connectivity index (χ1) is 5.70. The summed E-state index contributed by atoms with van der Waals surface area (Å²) >= 11 is 4.77. The Morgan fingerprint density at radius 3 is 2.58 bits per heavy atom. The van der Waals surface area contributed by atoms with Gasteiger partial charge < -0.3 is 10.2 Å². The molecule has 4 heteroatoms. The molecule has 0 aliphatic heterocycles. The van der Waals surface area contributed by atoms with Crippen molar-refractivity contribution in [1.29, 1.82) is 0 Å². The van der Waals surface area contributed by atoms with Crippen LogP contribution in [-0.2, 0) is 0 Å². The first kappa shape index (κ1) is 10.1. The van der Waals surface area contributed by atoms with Crippen molar-refractivity contribution in [1.82, 2.24) is 0 Å². The predicted molar refractivity (Wildman–Crippen MR) is 53.1 cm³/mol. The van der Waals surface area contributed by atoms with Crippen LogP contribution in [0.4, 0.5) is 0 Å². The van der Waals surface area contributed by atoms with Gasteiger partial charge in [0.15, 0.2) is 6.29 Å². The van der Waals surface area contributed by atoms with Crippen molar-refractivity contribution in [3.05, 3.63) is 28.7 Å². The van der Waals surface area contributed by atoms with E-state index >= 15 is 0 Å². The molecule has 0 fully saturated rings. The second kappa shape index (κ2) is 4.87. The van der Waals surface area contributed by atoms with E-state index in [1.54, 1.807) is 0 Å². The molecule has 2 N–H and O–H groups in total. The number of hydrogen-bond acceptors (Lipinski definition) is 3. The molecule has 0 radical (unpaired) electrons. The van der Waals surface area contributed by atoms with Crippen LogP contribution in [0.5, 0.6) is 0 Å². The number of benzene rings is 1. The predicted octanol–water partition coefficient (Wildman–Crippen LogP) is 1.85. The summed E-state index contributed by atoms with van der Waals surface area (Å²) in [6, 6.07) is 7.68. The van der Waals surface area contributed by atoms with Crippen LogP contribution in [0.2, 0.25) is 0 Å². The molecule has 1 aromatic rings. The first-order valence-corrected chi connectivity index (χ1v) is 5.21. The molecule has 0 saturated heterocycles. The summed E-state index contributed by atoms with van der Waals surface area (Å²) in [7, 11) is 0. The zero-order valence-corrected chi connectivity index (χ0v) is 8.68. The van der Waals surface area contributed by atoms with Crippen LogP contribution < -0.4 is 0 Å². The van der Waals surface area contributed by atoms with Crippen molar-refractivity contribution in [2.75, 3.05) is 5.75 Å². The zero-order chi connectivity index (χ0) is 8.97. The van der Waals surface area contributed by atoms with E-state index in [4.69, 9.17) is 10.2 Å². The van der Waals surface area contributed by atoms with Gasteiger partial charge in [0.2, 0.25) is 0 Å². The lowest BCUT2D eigenvalue weighted by molar-refractivity contribution is -0.0186. The summed E-state index contributed by atoms with van der Waals surface area (Å²) in [6.07, 6.45) is -1.25. The lowest BCUT2D eigenvalue weighted by atomic mass is 10.4. The Hall–Kier alpha value is -0.0300. The monoisotopic (exact) mass is 248 g/mol. The quantitative estimate of drug-likeness (QED) is 0.634. The topological polar surface area (TPSA) is 40.5 Å². The smallest absolute Gasteiger partial charge is 0.160 e. The molecule has 0 bridgehead atoms. The van der Waals surface area contributed by atoms with E-state index in [1.807, 2.05) is 24.3 Å². The van der Waals surface area contributed by atoms with Crippen molar-refractivity contribution in [2.24, 2.45) is 0 Å². The molecular formula is C8H9BrO2S. The fourth-order valence-electron chi connectivity index (χ4n) is 0.726. The lowest BCUT2D eigenvalue weighted by Gasteiger charge is -2.04. The molecule has 66 valence electrons. The Labute approximate surface area is 83.7 Å². The lowest BCUT2D eigenvalue weighted by Crippen LogP contribution is -2.06. The summed E-state index contributed by atoms with van der Waals surface area (Å²) < 4.78 is 0.982. The Morgan fingerprint density at radius 1 is 1.33 bits per heavy atom. The standard InChI is InChI=1S/C8H9BrO2S/c9-6-3-1-2-4-7(6)12-5-8(10)11/h1-4,8,10-11H,5H2. The molecule has 0 amide bonds. The van der Waals surface area contributed by atoms with Gasteiger partial charge in [-0.2, -0.15) is 0 Å². The van der Waals surface area contributed by atoms with Gasteiger partial charge in [0.05, 0.1) is 0 Å². The van der Waals surface area contributed by atoms with E-state index in [0.29, 0.717) is 5.75 Å². The average molecular weight is 249 g/mol. The molecule has 0 heterocycles. The van der Waals surface area contributed by atoms with Crippen molar-refractivity contribution in [3.8, 4) is 0 Å². The number of aliphatic hydroxyl groups is 2. The van der Waals surface area contributed by atoms with E-state index in [1.165, 1.54) is 11.8 Å². The second-order valence-corrected chi connectivity index (χ2v) is 4.14. The maximum Gasteiger partial charge on any atom is 0.160 e. The summed E-state index contributed by atoms with van der Waals surface area (Å²) in [4.78, 5) is 1.02. The SMILES string of the molecule is OC(O)CSc1ccccc1Br. The Kier molecular flexibility index (Phi) is 4.08. The molecule has 0 spiro atoms. The van der Waals surface area contributed by atoms with Gasteiger partial charge in [-0.05, 0) is 28.1 Å². The summed E-state index contributed by atoms with van der Waals surface area (Å²) in [5.41, 5.74) is 0. The van der Waals surface area contributed by atoms with Gasteiger partial charge in [-0.25, -0.2) is 0 Å². The molecular weight excluding hydrogens is 240 g/mol. The highest BCUT2D eigenvalue weighted by Crippen LogP contribution is 2.26. The summed E-state index contributed by atoms with van der Waals surface area (Å²) in [5.74, 6) is 0.294. The van der Waals surface area contributed by atoms with Crippen LogP contribution in [0.3, 0.4) is 0 Å². The van der Waals surface area contributed by atoms with Crippen molar-refractivity contribution in [2.45, 2.75) is 11.2 Å². The largest absolute Gasteiger partial charge is 0.367 e. The second-order valence-electron chi connectivity index (χ2n) is 2.22.